The highest BCUT2D eigenvalue weighted by Crippen LogP contribution is 2.31. The summed E-state index contributed by atoms with van der Waals surface area (Å²) >= 11 is 8.65. The van der Waals surface area contributed by atoms with Crippen LogP contribution in [-0.2, 0) is 5.92 Å². The summed E-state index contributed by atoms with van der Waals surface area (Å²) in [6, 6.07) is 4.49. The third kappa shape index (κ3) is 2.17. The van der Waals surface area contributed by atoms with Gasteiger partial charge in [0.15, 0.2) is 0 Å². The lowest BCUT2D eigenvalue weighted by atomic mass is 10.1. The number of halogens is 4. The molecule has 0 aliphatic heterocycles. The Morgan fingerprint density at radius 1 is 1.46 bits per heavy atom. The molecule has 0 saturated heterocycles. The van der Waals surface area contributed by atoms with Gasteiger partial charge in [0.05, 0.1) is 5.02 Å². The molecule has 1 nitrogen and oxygen atoms in total. The van der Waals surface area contributed by atoms with Crippen molar-refractivity contribution in [2.45, 2.75) is 5.92 Å². The molecule has 68 valence electrons. The highest BCUT2D eigenvalue weighted by molar-refractivity contribution is 9.10. The average molecular weight is 266 g/mol. The van der Waals surface area contributed by atoms with Crippen LogP contribution in [0.3, 0.4) is 0 Å². The largest absolute Gasteiger partial charge is 0.357 e. The molecule has 0 spiro atoms. The Morgan fingerprint density at radius 3 is 2.54 bits per heavy atom. The van der Waals surface area contributed by atoms with Crippen LogP contribution in [-0.4, -0.2) is 0 Å². The molecule has 0 aliphatic carbocycles. The highest BCUT2D eigenvalue weighted by atomic mass is 79.9. The molecule has 0 unspecified atom stereocenters. The molecule has 1 aromatic rings. The summed E-state index contributed by atoms with van der Waals surface area (Å²) in [6.07, 6.45) is 0. The Bertz CT molecular complexity index is 373. The lowest BCUT2D eigenvalue weighted by molar-refractivity contribution is 0.0613. The van der Waals surface area contributed by atoms with E-state index in [1.807, 2.05) is 0 Å². The molecular formula is C8H3BrClF2N. The SMILES string of the molecule is N#CC(F)(F)c1ccc(Br)c(Cl)c1. The lowest BCUT2D eigenvalue weighted by Gasteiger charge is -2.07. The van der Waals surface area contributed by atoms with E-state index in [2.05, 4.69) is 15.9 Å². The lowest BCUT2D eigenvalue weighted by Crippen LogP contribution is -2.09. The average Bonchev–Trinajstić information content (AvgIpc) is 2.09. The van der Waals surface area contributed by atoms with E-state index >= 15 is 0 Å². The molecule has 13 heavy (non-hydrogen) atoms. The zero-order valence-electron chi connectivity index (χ0n) is 6.19. The molecule has 0 heterocycles. The summed E-state index contributed by atoms with van der Waals surface area (Å²) in [6.45, 7) is 0. The zero-order chi connectivity index (χ0) is 10.1. The standard InChI is InChI=1S/C8H3BrClF2N/c9-6-2-1-5(3-7(6)10)8(11,12)4-13/h1-3H. The van der Waals surface area contributed by atoms with Crippen molar-refractivity contribution in [3.63, 3.8) is 0 Å². The third-order valence-corrected chi connectivity index (χ3v) is 2.66. The normalized spacial score (nSPS) is 11.0. The first-order valence-electron chi connectivity index (χ1n) is 3.22. The van der Waals surface area contributed by atoms with Crippen molar-refractivity contribution >= 4 is 27.5 Å². The number of rotatable bonds is 1. The number of hydrogen-bond acceptors (Lipinski definition) is 1. The molecule has 0 saturated carbocycles. The van der Waals surface area contributed by atoms with Crippen molar-refractivity contribution in [3.8, 4) is 6.07 Å². The number of nitrogens with zero attached hydrogens (tertiary/aromatic N) is 1. The monoisotopic (exact) mass is 265 g/mol. The van der Waals surface area contributed by atoms with Gasteiger partial charge in [-0.25, -0.2) is 0 Å². The highest BCUT2D eigenvalue weighted by Gasteiger charge is 2.31. The van der Waals surface area contributed by atoms with Crippen molar-refractivity contribution < 1.29 is 8.78 Å². The Morgan fingerprint density at radius 2 is 2.08 bits per heavy atom. The molecule has 0 aliphatic rings. The van der Waals surface area contributed by atoms with E-state index in [1.54, 1.807) is 0 Å². The predicted molar refractivity (Wildman–Crippen MR) is 48.7 cm³/mol. The second-order valence-corrected chi connectivity index (χ2v) is 3.58. The first-order chi connectivity index (χ1) is 5.97. The Balaban J connectivity index is 3.20. The maximum Gasteiger partial charge on any atom is 0.357 e. The van der Waals surface area contributed by atoms with Gasteiger partial charge in [-0.2, -0.15) is 14.0 Å². The molecule has 0 atom stereocenters. The van der Waals surface area contributed by atoms with Gasteiger partial charge in [-0.3, -0.25) is 0 Å². The van der Waals surface area contributed by atoms with E-state index in [4.69, 9.17) is 16.9 Å². The molecule has 1 aromatic carbocycles. The Hall–Kier alpha value is -0.660. The maximum atomic E-state index is 12.8. The second-order valence-electron chi connectivity index (χ2n) is 2.32. The molecule has 1 rings (SSSR count). The number of alkyl halides is 2. The molecule has 0 fully saturated rings. The van der Waals surface area contributed by atoms with Gasteiger partial charge >= 0.3 is 5.92 Å². The van der Waals surface area contributed by atoms with E-state index in [-0.39, 0.29) is 5.02 Å². The third-order valence-electron chi connectivity index (χ3n) is 1.42. The van der Waals surface area contributed by atoms with Gasteiger partial charge in [0, 0.05) is 10.0 Å². The Kier molecular flexibility index (Phi) is 2.89. The first kappa shape index (κ1) is 10.4. The number of benzene rings is 1. The van der Waals surface area contributed by atoms with Crippen LogP contribution in [0.1, 0.15) is 5.56 Å². The molecule has 0 bridgehead atoms. The van der Waals surface area contributed by atoms with Gasteiger partial charge < -0.3 is 0 Å². The zero-order valence-corrected chi connectivity index (χ0v) is 8.53. The Labute approximate surface area is 87.1 Å². The van der Waals surface area contributed by atoms with Crippen LogP contribution < -0.4 is 0 Å². The molecule has 0 radical (unpaired) electrons. The molecule has 0 amide bonds. The van der Waals surface area contributed by atoms with Crippen molar-refractivity contribution in [1.29, 1.82) is 5.26 Å². The van der Waals surface area contributed by atoms with Gasteiger partial charge in [0.2, 0.25) is 0 Å². The second kappa shape index (κ2) is 3.60. The van der Waals surface area contributed by atoms with E-state index in [0.29, 0.717) is 4.47 Å². The van der Waals surface area contributed by atoms with Crippen LogP contribution in [0, 0.1) is 11.3 Å². The van der Waals surface area contributed by atoms with E-state index in [9.17, 15) is 8.78 Å². The first-order valence-corrected chi connectivity index (χ1v) is 4.39. The fourth-order valence-electron chi connectivity index (χ4n) is 0.756. The van der Waals surface area contributed by atoms with Crippen molar-refractivity contribution in [2.75, 3.05) is 0 Å². The summed E-state index contributed by atoms with van der Waals surface area (Å²) in [7, 11) is 0. The minimum absolute atomic E-state index is 0.160. The van der Waals surface area contributed by atoms with Gasteiger partial charge in [-0.05, 0) is 28.1 Å². The van der Waals surface area contributed by atoms with Crippen molar-refractivity contribution in [1.82, 2.24) is 0 Å². The van der Waals surface area contributed by atoms with E-state index in [1.165, 1.54) is 6.07 Å². The van der Waals surface area contributed by atoms with Crippen molar-refractivity contribution in [2.24, 2.45) is 0 Å². The quantitative estimate of drug-likeness (QED) is 0.760. The minimum atomic E-state index is -3.48. The molecule has 5 heteroatoms. The fraction of sp³-hybridized carbons (Fsp3) is 0.125. The van der Waals surface area contributed by atoms with Crippen LogP contribution in [0.4, 0.5) is 8.78 Å². The smallest absolute Gasteiger partial charge is 0.191 e. The molecular weight excluding hydrogens is 263 g/mol. The maximum absolute atomic E-state index is 12.8. The fourth-order valence-corrected chi connectivity index (χ4v) is 1.18. The molecule has 0 N–H and O–H groups in total. The molecule has 0 aromatic heterocycles. The summed E-state index contributed by atoms with van der Waals surface area (Å²) in [4.78, 5) is 0. The number of nitriles is 1. The topological polar surface area (TPSA) is 23.8 Å². The van der Waals surface area contributed by atoms with Crippen LogP contribution in [0.5, 0.6) is 0 Å². The van der Waals surface area contributed by atoms with Crippen LogP contribution in [0.15, 0.2) is 22.7 Å². The van der Waals surface area contributed by atoms with Crippen LogP contribution >= 0.6 is 27.5 Å². The van der Waals surface area contributed by atoms with Crippen LogP contribution in [0.2, 0.25) is 5.02 Å². The van der Waals surface area contributed by atoms with E-state index < -0.39 is 11.5 Å². The summed E-state index contributed by atoms with van der Waals surface area (Å²) in [5.41, 5.74) is -0.400. The van der Waals surface area contributed by atoms with Crippen LogP contribution in [0.25, 0.3) is 0 Å². The van der Waals surface area contributed by atoms with Gasteiger partial charge in [0.25, 0.3) is 0 Å². The van der Waals surface area contributed by atoms with Crippen molar-refractivity contribution in [3.05, 3.63) is 33.3 Å². The predicted octanol–water partition coefficient (Wildman–Crippen LogP) is 3.72. The summed E-state index contributed by atoms with van der Waals surface area (Å²) < 4.78 is 26.0. The summed E-state index contributed by atoms with van der Waals surface area (Å²) in [5.74, 6) is -3.48. The van der Waals surface area contributed by atoms with Gasteiger partial charge in [-0.1, -0.05) is 17.7 Å². The van der Waals surface area contributed by atoms with Gasteiger partial charge in [-0.15, -0.1) is 0 Å². The minimum Gasteiger partial charge on any atom is -0.191 e. The number of hydrogen-bond donors (Lipinski definition) is 0. The van der Waals surface area contributed by atoms with Gasteiger partial charge in [0.1, 0.15) is 6.07 Å². The van der Waals surface area contributed by atoms with E-state index in [0.717, 1.165) is 18.2 Å². The summed E-state index contributed by atoms with van der Waals surface area (Å²) in [5, 5.41) is 8.31.